The second kappa shape index (κ2) is 8.91. The number of nitrogens with one attached hydrogen (secondary N) is 1. The molecular formula is C21H24ClN3O2. The molecule has 0 saturated carbocycles. The van der Waals surface area contributed by atoms with Gasteiger partial charge in [0.1, 0.15) is 0 Å². The SMILES string of the molecule is CCCn1c(=O)n(CCC(=O)NCCc2cccc(Cl)c2)c2ccccc21. The molecule has 0 unspecified atom stereocenters. The number of fused-ring (bicyclic) bond motifs is 1. The van der Waals surface area contributed by atoms with E-state index in [1.165, 1.54) is 0 Å². The topological polar surface area (TPSA) is 56.0 Å². The third-order valence-electron chi connectivity index (χ3n) is 4.56. The average molecular weight is 386 g/mol. The Balaban J connectivity index is 1.60. The normalized spacial score (nSPS) is 11.0. The zero-order chi connectivity index (χ0) is 19.2. The highest BCUT2D eigenvalue weighted by atomic mass is 35.5. The van der Waals surface area contributed by atoms with Gasteiger partial charge < -0.3 is 5.32 Å². The molecule has 3 rings (SSSR count). The van der Waals surface area contributed by atoms with Crippen LogP contribution in [0.2, 0.25) is 5.02 Å². The number of imidazole rings is 1. The van der Waals surface area contributed by atoms with Gasteiger partial charge in [-0.15, -0.1) is 0 Å². The average Bonchev–Trinajstić information content (AvgIpc) is 2.92. The van der Waals surface area contributed by atoms with Crippen LogP contribution in [0.15, 0.2) is 53.3 Å². The Hall–Kier alpha value is -2.53. The summed E-state index contributed by atoms with van der Waals surface area (Å²) in [5, 5.41) is 3.61. The summed E-state index contributed by atoms with van der Waals surface area (Å²) >= 11 is 5.97. The van der Waals surface area contributed by atoms with E-state index < -0.39 is 0 Å². The van der Waals surface area contributed by atoms with Crippen LogP contribution in [0.25, 0.3) is 11.0 Å². The summed E-state index contributed by atoms with van der Waals surface area (Å²) in [6.07, 6.45) is 1.88. The summed E-state index contributed by atoms with van der Waals surface area (Å²) in [6, 6.07) is 15.3. The Labute approximate surface area is 163 Å². The molecule has 0 aliphatic rings. The van der Waals surface area contributed by atoms with Crippen LogP contribution >= 0.6 is 11.6 Å². The van der Waals surface area contributed by atoms with E-state index in [1.54, 1.807) is 9.13 Å². The second-order valence-electron chi connectivity index (χ2n) is 6.55. The third-order valence-corrected chi connectivity index (χ3v) is 4.79. The second-order valence-corrected chi connectivity index (χ2v) is 6.99. The van der Waals surface area contributed by atoms with Gasteiger partial charge in [-0.2, -0.15) is 0 Å². The first-order valence-electron chi connectivity index (χ1n) is 9.29. The Morgan fingerprint density at radius 2 is 1.74 bits per heavy atom. The van der Waals surface area contributed by atoms with Crippen LogP contribution in [-0.2, 0) is 24.3 Å². The largest absolute Gasteiger partial charge is 0.356 e. The fourth-order valence-electron chi connectivity index (χ4n) is 3.27. The van der Waals surface area contributed by atoms with E-state index in [0.717, 1.165) is 29.4 Å². The van der Waals surface area contributed by atoms with Gasteiger partial charge in [-0.05, 0) is 42.7 Å². The van der Waals surface area contributed by atoms with Crippen LogP contribution in [-0.4, -0.2) is 21.6 Å². The molecule has 0 atom stereocenters. The number of hydrogen-bond acceptors (Lipinski definition) is 2. The minimum absolute atomic E-state index is 0.0511. The predicted octanol–water partition coefficient (Wildman–Crippen LogP) is 3.62. The van der Waals surface area contributed by atoms with Crippen molar-refractivity contribution in [1.82, 2.24) is 14.5 Å². The van der Waals surface area contributed by atoms with Gasteiger partial charge in [-0.25, -0.2) is 4.79 Å². The highest BCUT2D eigenvalue weighted by Gasteiger charge is 2.13. The molecule has 3 aromatic rings. The van der Waals surface area contributed by atoms with E-state index >= 15 is 0 Å². The standard InChI is InChI=1S/C21H24ClN3O2/c1-2-13-24-18-8-3-4-9-19(18)25(21(24)27)14-11-20(26)23-12-10-16-6-5-7-17(22)15-16/h3-9,15H,2,10-14H2,1H3,(H,23,26). The molecule has 0 spiro atoms. The summed E-state index contributed by atoms with van der Waals surface area (Å²) in [5.41, 5.74) is 2.83. The van der Waals surface area contributed by atoms with Gasteiger partial charge in [-0.1, -0.05) is 42.8 Å². The summed E-state index contributed by atoms with van der Waals surface area (Å²) in [6.45, 7) is 3.65. The number of amides is 1. The molecule has 1 amide bonds. The van der Waals surface area contributed by atoms with Gasteiger partial charge in [0.25, 0.3) is 0 Å². The lowest BCUT2D eigenvalue weighted by Crippen LogP contribution is -2.29. The van der Waals surface area contributed by atoms with Crippen molar-refractivity contribution in [2.45, 2.75) is 39.3 Å². The number of aromatic nitrogens is 2. The quantitative estimate of drug-likeness (QED) is 0.644. The van der Waals surface area contributed by atoms with Crippen LogP contribution < -0.4 is 11.0 Å². The number of carbonyl (C=O) groups excluding carboxylic acids is 1. The number of hydrogen-bond donors (Lipinski definition) is 1. The minimum atomic E-state index is -0.0590. The number of aryl methyl sites for hydroxylation is 2. The van der Waals surface area contributed by atoms with E-state index in [4.69, 9.17) is 11.6 Å². The first kappa shape index (κ1) is 19.2. The van der Waals surface area contributed by atoms with Crippen molar-refractivity contribution >= 4 is 28.5 Å². The Kier molecular flexibility index (Phi) is 6.35. The molecule has 6 heteroatoms. The highest BCUT2D eigenvalue weighted by molar-refractivity contribution is 6.30. The predicted molar refractivity (Wildman–Crippen MR) is 109 cm³/mol. The number of rotatable bonds is 8. The fraction of sp³-hybridized carbons (Fsp3) is 0.333. The van der Waals surface area contributed by atoms with E-state index in [0.29, 0.717) is 24.7 Å². The number of nitrogens with zero attached hydrogens (tertiary/aromatic N) is 2. The molecule has 2 aromatic carbocycles. The van der Waals surface area contributed by atoms with Crippen molar-refractivity contribution < 1.29 is 4.79 Å². The van der Waals surface area contributed by atoms with Crippen LogP contribution in [0.3, 0.4) is 0 Å². The van der Waals surface area contributed by atoms with Gasteiger partial charge in [0.15, 0.2) is 0 Å². The number of carbonyl (C=O) groups is 1. The van der Waals surface area contributed by atoms with Crippen LogP contribution in [0, 0.1) is 0 Å². The first-order valence-corrected chi connectivity index (χ1v) is 9.67. The van der Waals surface area contributed by atoms with Crippen molar-refractivity contribution in [2.75, 3.05) is 6.54 Å². The number of para-hydroxylation sites is 2. The zero-order valence-electron chi connectivity index (χ0n) is 15.5. The number of benzene rings is 2. The van der Waals surface area contributed by atoms with E-state index in [-0.39, 0.29) is 18.0 Å². The monoisotopic (exact) mass is 385 g/mol. The molecule has 0 aliphatic heterocycles. The molecule has 0 fully saturated rings. The maximum Gasteiger partial charge on any atom is 0.329 e. The van der Waals surface area contributed by atoms with Gasteiger partial charge in [0, 0.05) is 31.1 Å². The van der Waals surface area contributed by atoms with Crippen LogP contribution in [0.5, 0.6) is 0 Å². The highest BCUT2D eigenvalue weighted by Crippen LogP contribution is 2.14. The molecule has 0 bridgehead atoms. The van der Waals surface area contributed by atoms with Crippen LogP contribution in [0.4, 0.5) is 0 Å². The summed E-state index contributed by atoms with van der Waals surface area (Å²) < 4.78 is 3.48. The van der Waals surface area contributed by atoms with Gasteiger partial charge in [-0.3, -0.25) is 13.9 Å². The Bertz CT molecular complexity index is 991. The lowest BCUT2D eigenvalue weighted by molar-refractivity contribution is -0.121. The molecule has 142 valence electrons. The molecule has 1 heterocycles. The van der Waals surface area contributed by atoms with E-state index in [1.807, 2.05) is 55.5 Å². The van der Waals surface area contributed by atoms with Gasteiger partial charge in [0.2, 0.25) is 5.91 Å². The first-order chi connectivity index (χ1) is 13.1. The molecule has 27 heavy (non-hydrogen) atoms. The van der Waals surface area contributed by atoms with E-state index in [9.17, 15) is 9.59 Å². The van der Waals surface area contributed by atoms with Crippen molar-refractivity contribution in [2.24, 2.45) is 0 Å². The lowest BCUT2D eigenvalue weighted by Gasteiger charge is -2.07. The Morgan fingerprint density at radius 3 is 2.41 bits per heavy atom. The maximum atomic E-state index is 12.7. The molecule has 0 saturated heterocycles. The van der Waals surface area contributed by atoms with E-state index in [2.05, 4.69) is 5.32 Å². The maximum absolute atomic E-state index is 12.7. The molecule has 1 N–H and O–H groups in total. The van der Waals surface area contributed by atoms with Crippen LogP contribution in [0.1, 0.15) is 25.3 Å². The summed E-state index contributed by atoms with van der Waals surface area (Å²) in [4.78, 5) is 24.9. The smallest absolute Gasteiger partial charge is 0.329 e. The zero-order valence-corrected chi connectivity index (χ0v) is 16.2. The minimum Gasteiger partial charge on any atom is -0.356 e. The molecular weight excluding hydrogens is 362 g/mol. The molecule has 0 aliphatic carbocycles. The fourth-order valence-corrected chi connectivity index (χ4v) is 3.48. The van der Waals surface area contributed by atoms with Gasteiger partial charge in [0.05, 0.1) is 11.0 Å². The molecule has 1 aromatic heterocycles. The molecule has 0 radical (unpaired) electrons. The number of halogens is 1. The van der Waals surface area contributed by atoms with Gasteiger partial charge >= 0.3 is 5.69 Å². The third kappa shape index (κ3) is 4.61. The lowest BCUT2D eigenvalue weighted by atomic mass is 10.1. The van der Waals surface area contributed by atoms with Crippen molar-refractivity contribution in [3.63, 3.8) is 0 Å². The van der Waals surface area contributed by atoms with Crippen molar-refractivity contribution in [3.8, 4) is 0 Å². The molecule has 5 nitrogen and oxygen atoms in total. The van der Waals surface area contributed by atoms with Crippen molar-refractivity contribution in [3.05, 3.63) is 69.6 Å². The summed E-state index contributed by atoms with van der Waals surface area (Å²) in [5.74, 6) is -0.0590. The van der Waals surface area contributed by atoms with Crippen molar-refractivity contribution in [1.29, 1.82) is 0 Å². The Morgan fingerprint density at radius 1 is 1.04 bits per heavy atom. The summed E-state index contributed by atoms with van der Waals surface area (Å²) in [7, 11) is 0.